The van der Waals surface area contributed by atoms with E-state index < -0.39 is 17.5 Å². The molecule has 0 unspecified atom stereocenters. The Morgan fingerprint density at radius 1 is 1.27 bits per heavy atom. The minimum absolute atomic E-state index is 0.0952. The lowest BCUT2D eigenvalue weighted by molar-refractivity contribution is 0.0509. The van der Waals surface area contributed by atoms with Crippen molar-refractivity contribution in [2.45, 2.75) is 64.6 Å². The summed E-state index contributed by atoms with van der Waals surface area (Å²) in [4.78, 5) is 26.5. The molecule has 0 spiro atoms. The summed E-state index contributed by atoms with van der Waals surface area (Å²) in [5, 5.41) is 13.5. The van der Waals surface area contributed by atoms with E-state index in [-0.39, 0.29) is 23.4 Å². The van der Waals surface area contributed by atoms with Crippen LogP contribution in [0.4, 0.5) is 14.9 Å². The van der Waals surface area contributed by atoms with Crippen LogP contribution in [0, 0.1) is 12.7 Å². The van der Waals surface area contributed by atoms with Gasteiger partial charge in [0, 0.05) is 30.6 Å². The first-order valence-electron chi connectivity index (χ1n) is 10.4. The predicted molar refractivity (Wildman–Crippen MR) is 113 cm³/mol. The van der Waals surface area contributed by atoms with Crippen LogP contribution in [0.1, 0.15) is 51.6 Å². The van der Waals surface area contributed by atoms with Crippen molar-refractivity contribution in [3.05, 3.63) is 33.9 Å². The maximum Gasteiger partial charge on any atom is 0.407 e. The largest absolute Gasteiger partial charge is 0.507 e. The normalized spacial score (nSPS) is 19.4. The molecule has 1 aromatic heterocycles. The molecule has 2 aromatic rings. The molecule has 30 heavy (non-hydrogen) atoms. The Kier molecular flexibility index (Phi) is 4.91. The Labute approximate surface area is 174 Å². The van der Waals surface area contributed by atoms with Crippen LogP contribution in [0.3, 0.4) is 0 Å². The van der Waals surface area contributed by atoms with Crippen molar-refractivity contribution in [2.75, 3.05) is 18.0 Å². The SMILES string of the molecule is Cc1c(N2CC[C@H](NC(=O)OC(C)(C)C)C2)c(F)cc2c(O)cc(=O)n(C3CC3)c12. The molecule has 4 rings (SSSR count). The number of amides is 1. The van der Waals surface area contributed by atoms with Crippen molar-refractivity contribution >= 4 is 22.7 Å². The van der Waals surface area contributed by atoms with Crippen LogP contribution >= 0.6 is 0 Å². The number of hydrogen-bond donors (Lipinski definition) is 2. The zero-order valence-corrected chi connectivity index (χ0v) is 17.8. The molecule has 2 N–H and O–H groups in total. The summed E-state index contributed by atoms with van der Waals surface area (Å²) in [5.41, 5.74) is 0.771. The molecule has 1 saturated heterocycles. The van der Waals surface area contributed by atoms with Gasteiger partial charge in [-0.1, -0.05) is 0 Å². The topological polar surface area (TPSA) is 83.8 Å². The lowest BCUT2D eigenvalue weighted by Crippen LogP contribution is -2.40. The molecule has 1 atom stereocenters. The quantitative estimate of drug-likeness (QED) is 0.797. The van der Waals surface area contributed by atoms with E-state index in [0.717, 1.165) is 18.9 Å². The first-order chi connectivity index (χ1) is 14.0. The number of ether oxygens (including phenoxy) is 1. The van der Waals surface area contributed by atoms with Gasteiger partial charge in [0.05, 0.1) is 17.2 Å². The molecular formula is C22H28FN3O4. The van der Waals surface area contributed by atoms with Crippen molar-refractivity contribution in [2.24, 2.45) is 0 Å². The molecule has 7 nitrogen and oxygen atoms in total. The van der Waals surface area contributed by atoms with Gasteiger partial charge in [0.2, 0.25) is 0 Å². The number of alkyl carbamates (subject to hydrolysis) is 1. The summed E-state index contributed by atoms with van der Waals surface area (Å²) in [6.45, 7) is 8.20. The number of nitrogens with one attached hydrogen (secondary N) is 1. The number of benzene rings is 1. The Morgan fingerprint density at radius 2 is 1.97 bits per heavy atom. The number of nitrogens with zero attached hydrogens (tertiary/aromatic N) is 2. The number of anilines is 1. The van der Waals surface area contributed by atoms with Crippen LogP contribution in [0.5, 0.6) is 5.75 Å². The van der Waals surface area contributed by atoms with Gasteiger partial charge in [-0.3, -0.25) is 4.79 Å². The number of aromatic nitrogens is 1. The molecule has 1 saturated carbocycles. The second-order valence-electron chi connectivity index (χ2n) is 9.27. The lowest BCUT2D eigenvalue weighted by Gasteiger charge is -2.25. The molecule has 162 valence electrons. The highest BCUT2D eigenvalue weighted by atomic mass is 19.1. The van der Waals surface area contributed by atoms with Gasteiger partial charge < -0.3 is 24.6 Å². The lowest BCUT2D eigenvalue weighted by atomic mass is 10.1. The summed E-state index contributed by atoms with van der Waals surface area (Å²) in [5.74, 6) is -0.652. The summed E-state index contributed by atoms with van der Waals surface area (Å²) in [7, 11) is 0. The fraction of sp³-hybridized carbons (Fsp3) is 0.545. The number of hydrogen-bond acceptors (Lipinski definition) is 5. The molecule has 2 fully saturated rings. The van der Waals surface area contributed by atoms with Crippen molar-refractivity contribution < 1.29 is 19.0 Å². The highest BCUT2D eigenvalue weighted by Gasteiger charge is 2.32. The average molecular weight is 417 g/mol. The van der Waals surface area contributed by atoms with Gasteiger partial charge in [0.25, 0.3) is 5.56 Å². The third kappa shape index (κ3) is 3.82. The number of rotatable bonds is 3. The fourth-order valence-corrected chi connectivity index (χ4v) is 4.28. The van der Waals surface area contributed by atoms with Crippen LogP contribution in [0.15, 0.2) is 16.9 Å². The van der Waals surface area contributed by atoms with Crippen LogP contribution in [0.2, 0.25) is 0 Å². The zero-order chi connectivity index (χ0) is 21.8. The van der Waals surface area contributed by atoms with E-state index in [2.05, 4.69) is 5.32 Å². The van der Waals surface area contributed by atoms with Crippen molar-refractivity contribution in [3.8, 4) is 5.75 Å². The molecule has 1 aromatic carbocycles. The number of pyridine rings is 1. The van der Waals surface area contributed by atoms with Gasteiger partial charge in [0.15, 0.2) is 0 Å². The van der Waals surface area contributed by atoms with Gasteiger partial charge in [-0.2, -0.15) is 0 Å². The van der Waals surface area contributed by atoms with Crippen LogP contribution < -0.4 is 15.8 Å². The Bertz CT molecular complexity index is 1070. The Morgan fingerprint density at radius 3 is 2.60 bits per heavy atom. The summed E-state index contributed by atoms with van der Waals surface area (Å²) in [6, 6.07) is 2.40. The van der Waals surface area contributed by atoms with Gasteiger partial charge in [-0.25, -0.2) is 9.18 Å². The number of halogens is 1. The van der Waals surface area contributed by atoms with Crippen molar-refractivity contribution in [1.29, 1.82) is 0 Å². The number of carbonyl (C=O) groups is 1. The van der Waals surface area contributed by atoms with Crippen LogP contribution in [-0.4, -0.2) is 40.5 Å². The maximum atomic E-state index is 15.1. The smallest absolute Gasteiger partial charge is 0.407 e. The van der Waals surface area contributed by atoms with E-state index in [4.69, 9.17) is 4.74 Å². The van der Waals surface area contributed by atoms with Crippen molar-refractivity contribution in [1.82, 2.24) is 9.88 Å². The molecule has 1 amide bonds. The van der Waals surface area contributed by atoms with E-state index in [1.807, 2.05) is 4.90 Å². The highest BCUT2D eigenvalue weighted by Crippen LogP contribution is 2.41. The molecule has 1 aliphatic heterocycles. The molecular weight excluding hydrogens is 389 g/mol. The first kappa shape index (κ1) is 20.5. The fourth-order valence-electron chi connectivity index (χ4n) is 4.28. The minimum Gasteiger partial charge on any atom is -0.507 e. The van der Waals surface area contributed by atoms with Gasteiger partial charge in [0.1, 0.15) is 17.2 Å². The number of aromatic hydroxyl groups is 1. The van der Waals surface area contributed by atoms with Gasteiger partial charge >= 0.3 is 6.09 Å². The van der Waals surface area contributed by atoms with Gasteiger partial charge in [-0.15, -0.1) is 0 Å². The van der Waals surface area contributed by atoms with Gasteiger partial charge in [-0.05, 0) is 58.6 Å². The summed E-state index contributed by atoms with van der Waals surface area (Å²) in [6.07, 6.45) is 1.97. The Hall–Kier alpha value is -2.77. The molecule has 8 heteroatoms. The standard InChI is InChI=1S/C22H28FN3O4/c1-12-19-15(17(27)10-18(28)26(19)14-5-6-14)9-16(23)20(12)25-8-7-13(11-25)24-21(29)30-22(2,3)4/h9-10,13-14,27H,5-8,11H2,1-4H3,(H,24,29)/t13-/m0/s1. The second-order valence-corrected chi connectivity index (χ2v) is 9.27. The summed E-state index contributed by atoms with van der Waals surface area (Å²) < 4.78 is 22.1. The van der Waals surface area contributed by atoms with E-state index in [1.165, 1.54) is 6.07 Å². The van der Waals surface area contributed by atoms with E-state index >= 15 is 4.39 Å². The van der Waals surface area contributed by atoms with Crippen LogP contribution in [0.25, 0.3) is 10.9 Å². The Balaban J connectivity index is 1.66. The predicted octanol–water partition coefficient (Wildman–Crippen LogP) is 3.59. The maximum absolute atomic E-state index is 15.1. The minimum atomic E-state index is -0.585. The average Bonchev–Trinajstić information content (AvgIpc) is 3.34. The number of aryl methyl sites for hydroxylation is 1. The molecule has 2 aliphatic rings. The van der Waals surface area contributed by atoms with E-state index in [0.29, 0.717) is 41.7 Å². The summed E-state index contributed by atoms with van der Waals surface area (Å²) >= 11 is 0. The van der Waals surface area contributed by atoms with E-state index in [1.54, 1.807) is 32.3 Å². The molecule has 0 radical (unpaired) electrons. The first-order valence-corrected chi connectivity index (χ1v) is 10.4. The zero-order valence-electron chi connectivity index (χ0n) is 17.8. The van der Waals surface area contributed by atoms with Crippen molar-refractivity contribution in [3.63, 3.8) is 0 Å². The number of fused-ring (bicyclic) bond motifs is 1. The monoisotopic (exact) mass is 417 g/mol. The third-order valence-corrected chi connectivity index (χ3v) is 5.61. The highest BCUT2D eigenvalue weighted by molar-refractivity contribution is 5.92. The molecule has 2 heterocycles. The third-order valence-electron chi connectivity index (χ3n) is 5.61. The molecule has 1 aliphatic carbocycles. The number of carbonyl (C=O) groups excluding carboxylic acids is 1. The second kappa shape index (κ2) is 7.18. The van der Waals surface area contributed by atoms with E-state index in [9.17, 15) is 14.7 Å². The molecule has 0 bridgehead atoms. The van der Waals surface area contributed by atoms with Crippen LogP contribution in [-0.2, 0) is 4.74 Å².